The van der Waals surface area contributed by atoms with Crippen LogP contribution < -0.4 is 0 Å². The van der Waals surface area contributed by atoms with Crippen molar-refractivity contribution < 1.29 is 20.1 Å². The molecule has 0 aliphatic rings. The fraction of sp³-hybridized carbons (Fsp3) is 0.231. The number of aliphatic hydroxyl groups excluding tert-OH is 2. The molecular weight excluding hydrogens is 376 g/mol. The summed E-state index contributed by atoms with van der Waals surface area (Å²) >= 11 is 0. The van der Waals surface area contributed by atoms with Gasteiger partial charge in [-0.05, 0) is 23.6 Å². The molecule has 0 spiro atoms. The Kier molecular flexibility index (Phi) is 7.19. The zero-order valence-electron chi connectivity index (χ0n) is 17.1. The van der Waals surface area contributed by atoms with E-state index in [1.54, 1.807) is 0 Å². The minimum Gasteiger partial charge on any atom is -0.393 e. The maximum absolute atomic E-state index is 10.5. The third-order valence-corrected chi connectivity index (χ3v) is 5.01. The second-order valence-electron chi connectivity index (χ2n) is 7.53. The lowest BCUT2D eigenvalue weighted by molar-refractivity contribution is -0.0257. The first-order chi connectivity index (χ1) is 14.5. The monoisotopic (exact) mass is 404 g/mol. The predicted octanol–water partition coefficient (Wildman–Crippen LogP) is 3.66. The number of rotatable bonds is 9. The summed E-state index contributed by atoms with van der Waals surface area (Å²) in [4.78, 5) is 0. The van der Waals surface area contributed by atoms with Gasteiger partial charge in [0.2, 0.25) is 0 Å². The van der Waals surface area contributed by atoms with Crippen LogP contribution in [0.1, 0.15) is 23.6 Å². The molecule has 0 aromatic heterocycles. The van der Waals surface area contributed by atoms with Gasteiger partial charge in [-0.3, -0.25) is 0 Å². The highest BCUT2D eigenvalue weighted by Crippen LogP contribution is 2.40. The predicted molar refractivity (Wildman–Crippen MR) is 118 cm³/mol. The highest BCUT2D eigenvalue weighted by molar-refractivity contribution is 5.47. The summed E-state index contributed by atoms with van der Waals surface area (Å²) in [5.74, 6) is 0. The molecule has 3 aromatic rings. The molecule has 0 heterocycles. The number of aliphatic hydroxyl groups is 3. The van der Waals surface area contributed by atoms with Crippen molar-refractivity contribution in [3.8, 4) is 0 Å². The quantitative estimate of drug-likeness (QED) is 0.376. The van der Waals surface area contributed by atoms with Gasteiger partial charge in [-0.2, -0.15) is 0 Å². The smallest absolute Gasteiger partial charge is 0.143 e. The van der Waals surface area contributed by atoms with Gasteiger partial charge in [0.05, 0.1) is 19.3 Å². The summed E-state index contributed by atoms with van der Waals surface area (Å²) in [5.41, 5.74) is 0.525. The number of benzene rings is 3. The van der Waals surface area contributed by atoms with Crippen molar-refractivity contribution in [2.24, 2.45) is 0 Å². The van der Waals surface area contributed by atoms with Crippen molar-refractivity contribution >= 4 is 0 Å². The molecule has 0 unspecified atom stereocenters. The highest BCUT2D eigenvalue weighted by Gasteiger charge is 2.37. The first-order valence-corrected chi connectivity index (χ1v) is 9.99. The van der Waals surface area contributed by atoms with Crippen molar-refractivity contribution in [2.45, 2.75) is 24.2 Å². The van der Waals surface area contributed by atoms with E-state index in [0.717, 1.165) is 16.7 Å². The Morgan fingerprint density at radius 2 is 1.20 bits per heavy atom. The fourth-order valence-electron chi connectivity index (χ4n) is 3.41. The normalized spacial score (nSPS) is 15.1. The average molecular weight is 405 g/mol. The van der Waals surface area contributed by atoms with E-state index in [9.17, 15) is 15.3 Å². The standard InChI is InChI=1S/C26H28O4/c1-25(29,20-27)18-17-24(28)19-30-26(21-11-5-2-6-12-21,22-13-7-3-8-14-22)23-15-9-4-10-16-23/h2-18,24,27-29H,19-20H2,1H3/b18-17-/t24-,25-/m0/s1. The molecule has 0 aliphatic heterocycles. The molecule has 156 valence electrons. The van der Waals surface area contributed by atoms with Crippen LogP contribution >= 0.6 is 0 Å². The van der Waals surface area contributed by atoms with Gasteiger partial charge in [0.1, 0.15) is 11.2 Å². The zero-order valence-corrected chi connectivity index (χ0v) is 17.1. The molecular formula is C26H28O4. The Hall–Kier alpha value is -2.76. The minimum atomic E-state index is -1.39. The van der Waals surface area contributed by atoms with Crippen LogP contribution in [0, 0.1) is 0 Å². The van der Waals surface area contributed by atoms with Crippen LogP contribution in [-0.4, -0.2) is 40.2 Å². The van der Waals surface area contributed by atoms with Gasteiger partial charge in [-0.15, -0.1) is 0 Å². The molecule has 3 rings (SSSR count). The molecule has 4 heteroatoms. The van der Waals surface area contributed by atoms with Crippen LogP contribution in [0.2, 0.25) is 0 Å². The van der Waals surface area contributed by atoms with E-state index in [2.05, 4.69) is 0 Å². The van der Waals surface area contributed by atoms with E-state index in [-0.39, 0.29) is 6.61 Å². The molecule has 0 saturated heterocycles. The largest absolute Gasteiger partial charge is 0.393 e. The Morgan fingerprint density at radius 1 is 0.800 bits per heavy atom. The Balaban J connectivity index is 2.03. The molecule has 0 fully saturated rings. The van der Waals surface area contributed by atoms with E-state index in [4.69, 9.17) is 4.74 Å². The van der Waals surface area contributed by atoms with Crippen LogP contribution in [0.3, 0.4) is 0 Å². The molecule has 3 N–H and O–H groups in total. The Bertz CT molecular complexity index is 824. The molecule has 0 aliphatic carbocycles. The van der Waals surface area contributed by atoms with Gasteiger partial charge >= 0.3 is 0 Å². The SMILES string of the molecule is C[C@](O)(/C=C\[C@H](O)COC(c1ccccc1)(c1ccccc1)c1ccccc1)CO. The van der Waals surface area contributed by atoms with E-state index in [1.807, 2.05) is 91.0 Å². The van der Waals surface area contributed by atoms with Crippen molar-refractivity contribution in [2.75, 3.05) is 13.2 Å². The molecule has 30 heavy (non-hydrogen) atoms. The van der Waals surface area contributed by atoms with E-state index >= 15 is 0 Å². The Labute approximate surface area is 177 Å². The van der Waals surface area contributed by atoms with Crippen molar-refractivity contribution in [1.82, 2.24) is 0 Å². The van der Waals surface area contributed by atoms with Crippen molar-refractivity contribution in [3.63, 3.8) is 0 Å². The lowest BCUT2D eigenvalue weighted by atomic mass is 9.80. The average Bonchev–Trinajstić information content (AvgIpc) is 2.80. The van der Waals surface area contributed by atoms with Crippen LogP contribution in [0.4, 0.5) is 0 Å². The second-order valence-corrected chi connectivity index (χ2v) is 7.53. The van der Waals surface area contributed by atoms with Crippen LogP contribution in [-0.2, 0) is 10.3 Å². The van der Waals surface area contributed by atoms with Gasteiger partial charge in [-0.25, -0.2) is 0 Å². The molecule has 3 aromatic carbocycles. The van der Waals surface area contributed by atoms with Crippen LogP contribution in [0.25, 0.3) is 0 Å². The lowest BCUT2D eigenvalue weighted by Gasteiger charge is -2.36. The first-order valence-electron chi connectivity index (χ1n) is 9.99. The number of hydrogen-bond acceptors (Lipinski definition) is 4. The summed E-state index contributed by atoms with van der Waals surface area (Å²) in [7, 11) is 0. The van der Waals surface area contributed by atoms with Gasteiger partial charge in [0.15, 0.2) is 0 Å². The summed E-state index contributed by atoms with van der Waals surface area (Å²) in [5, 5.41) is 29.7. The summed E-state index contributed by atoms with van der Waals surface area (Å²) in [6.07, 6.45) is 1.87. The topological polar surface area (TPSA) is 69.9 Å². The maximum atomic E-state index is 10.5. The van der Waals surface area contributed by atoms with E-state index < -0.39 is 23.9 Å². The summed E-state index contributed by atoms with van der Waals surface area (Å²) in [6, 6.07) is 29.7. The van der Waals surface area contributed by atoms with Gasteiger partial charge in [0.25, 0.3) is 0 Å². The van der Waals surface area contributed by atoms with Crippen LogP contribution in [0.15, 0.2) is 103 Å². The molecule has 0 radical (unpaired) electrons. The number of ether oxygens (including phenoxy) is 1. The lowest BCUT2D eigenvalue weighted by Crippen LogP contribution is -2.35. The summed E-state index contributed by atoms with van der Waals surface area (Å²) in [6.45, 7) is 1.04. The van der Waals surface area contributed by atoms with E-state index in [1.165, 1.54) is 19.1 Å². The third-order valence-electron chi connectivity index (χ3n) is 5.01. The first kappa shape index (κ1) is 21.9. The molecule has 0 saturated carbocycles. The van der Waals surface area contributed by atoms with Crippen molar-refractivity contribution in [1.29, 1.82) is 0 Å². The third kappa shape index (κ3) is 5.04. The van der Waals surface area contributed by atoms with Gasteiger partial charge in [-0.1, -0.05) is 103 Å². The second kappa shape index (κ2) is 9.83. The van der Waals surface area contributed by atoms with Crippen molar-refractivity contribution in [3.05, 3.63) is 120 Å². The molecule has 0 amide bonds. The molecule has 2 atom stereocenters. The van der Waals surface area contributed by atoms with Gasteiger partial charge in [0, 0.05) is 0 Å². The Morgan fingerprint density at radius 3 is 1.57 bits per heavy atom. The molecule has 4 nitrogen and oxygen atoms in total. The summed E-state index contributed by atoms with van der Waals surface area (Å²) < 4.78 is 6.50. The maximum Gasteiger partial charge on any atom is 0.143 e. The van der Waals surface area contributed by atoms with Crippen LogP contribution in [0.5, 0.6) is 0 Å². The zero-order chi connectivity index (χ0) is 21.5. The minimum absolute atomic E-state index is 0.00328. The highest BCUT2D eigenvalue weighted by atomic mass is 16.5. The number of hydrogen-bond donors (Lipinski definition) is 3. The molecule has 0 bridgehead atoms. The van der Waals surface area contributed by atoms with Gasteiger partial charge < -0.3 is 20.1 Å². The van der Waals surface area contributed by atoms with E-state index in [0.29, 0.717) is 0 Å². The fourth-order valence-corrected chi connectivity index (χ4v) is 3.41.